The molecule has 1 N–H and O–H groups in total. The summed E-state index contributed by atoms with van der Waals surface area (Å²) in [5.41, 5.74) is -1.21. The fourth-order valence-corrected chi connectivity index (χ4v) is 1.64. The highest BCUT2D eigenvalue weighted by atomic mass is 16.4. The van der Waals surface area contributed by atoms with E-state index in [1.807, 2.05) is 0 Å². The number of nitriles is 1. The van der Waals surface area contributed by atoms with Crippen molar-refractivity contribution in [2.75, 3.05) is 0 Å². The number of aliphatic carboxylic acids is 1. The van der Waals surface area contributed by atoms with Gasteiger partial charge in [-0.15, -0.1) is 0 Å². The Hall–Kier alpha value is -1.37. The fraction of sp³-hybridized carbons (Fsp3) is 0.667. The molecule has 1 aliphatic rings. The van der Waals surface area contributed by atoms with E-state index in [1.54, 1.807) is 0 Å². The van der Waals surface area contributed by atoms with E-state index in [0.29, 0.717) is 32.0 Å². The van der Waals surface area contributed by atoms with Crippen LogP contribution in [0.3, 0.4) is 0 Å². The molecular formula is C9H11NO3. The van der Waals surface area contributed by atoms with E-state index in [2.05, 4.69) is 6.07 Å². The molecule has 0 aromatic rings. The summed E-state index contributed by atoms with van der Waals surface area (Å²) in [6.45, 7) is 0. The highest BCUT2D eigenvalue weighted by Crippen LogP contribution is 2.37. The lowest BCUT2D eigenvalue weighted by atomic mass is 9.72. The van der Waals surface area contributed by atoms with Crippen LogP contribution in [0.25, 0.3) is 0 Å². The number of carbonyl (C=O) groups excluding carboxylic acids is 1. The second-order valence-electron chi connectivity index (χ2n) is 3.48. The van der Waals surface area contributed by atoms with Crippen molar-refractivity contribution in [2.45, 2.75) is 25.7 Å². The Morgan fingerprint density at radius 2 is 2.08 bits per heavy atom. The summed E-state index contributed by atoms with van der Waals surface area (Å²) < 4.78 is 0. The zero-order chi connectivity index (χ0) is 9.90. The second kappa shape index (κ2) is 3.56. The predicted octanol–water partition coefficient (Wildman–Crippen LogP) is 0.970. The van der Waals surface area contributed by atoms with Gasteiger partial charge in [0, 0.05) is 5.92 Å². The standard InChI is InChI=1S/C9H11NO3/c10-5-7-1-3-9(6-11,4-2-7)8(12)13/h6-7H,1-4H2,(H,12,13). The van der Waals surface area contributed by atoms with Crippen LogP contribution in [0.5, 0.6) is 0 Å². The molecule has 0 aliphatic heterocycles. The van der Waals surface area contributed by atoms with E-state index < -0.39 is 11.4 Å². The first-order chi connectivity index (χ1) is 6.14. The van der Waals surface area contributed by atoms with Gasteiger partial charge in [-0.1, -0.05) is 0 Å². The van der Waals surface area contributed by atoms with Crippen molar-refractivity contribution in [1.82, 2.24) is 0 Å². The SMILES string of the molecule is N#CC1CCC(C=O)(C(=O)O)CC1. The summed E-state index contributed by atoms with van der Waals surface area (Å²) in [6, 6.07) is 2.10. The molecule has 0 radical (unpaired) electrons. The van der Waals surface area contributed by atoms with Crippen molar-refractivity contribution in [1.29, 1.82) is 5.26 Å². The third kappa shape index (κ3) is 1.69. The Morgan fingerprint density at radius 1 is 1.54 bits per heavy atom. The number of nitrogens with zero attached hydrogens (tertiary/aromatic N) is 1. The van der Waals surface area contributed by atoms with Crippen LogP contribution in [-0.4, -0.2) is 17.4 Å². The fourth-order valence-electron chi connectivity index (χ4n) is 1.64. The van der Waals surface area contributed by atoms with E-state index in [9.17, 15) is 9.59 Å². The largest absolute Gasteiger partial charge is 0.481 e. The first-order valence-corrected chi connectivity index (χ1v) is 4.24. The molecular weight excluding hydrogens is 170 g/mol. The smallest absolute Gasteiger partial charge is 0.316 e. The lowest BCUT2D eigenvalue weighted by Gasteiger charge is -2.29. The van der Waals surface area contributed by atoms with Crippen molar-refractivity contribution in [3.63, 3.8) is 0 Å². The Bertz CT molecular complexity index is 259. The summed E-state index contributed by atoms with van der Waals surface area (Å²) in [4.78, 5) is 21.4. The van der Waals surface area contributed by atoms with E-state index >= 15 is 0 Å². The Balaban J connectivity index is 2.70. The Kier molecular flexibility index (Phi) is 2.66. The highest BCUT2D eigenvalue weighted by Gasteiger charge is 2.41. The van der Waals surface area contributed by atoms with E-state index in [4.69, 9.17) is 10.4 Å². The van der Waals surface area contributed by atoms with E-state index in [0.717, 1.165) is 0 Å². The zero-order valence-electron chi connectivity index (χ0n) is 7.19. The Morgan fingerprint density at radius 3 is 2.38 bits per heavy atom. The molecule has 70 valence electrons. The van der Waals surface area contributed by atoms with Crippen molar-refractivity contribution >= 4 is 12.3 Å². The normalized spacial score (nSPS) is 33.3. The van der Waals surface area contributed by atoms with Crippen molar-refractivity contribution in [3.05, 3.63) is 0 Å². The van der Waals surface area contributed by atoms with Crippen molar-refractivity contribution < 1.29 is 14.7 Å². The summed E-state index contributed by atoms with van der Waals surface area (Å²) in [5.74, 6) is -1.13. The van der Waals surface area contributed by atoms with Gasteiger partial charge in [0.2, 0.25) is 0 Å². The molecule has 0 saturated heterocycles. The molecule has 0 atom stereocenters. The predicted molar refractivity (Wildman–Crippen MR) is 43.7 cm³/mol. The van der Waals surface area contributed by atoms with Gasteiger partial charge >= 0.3 is 5.97 Å². The molecule has 0 spiro atoms. The molecule has 13 heavy (non-hydrogen) atoms. The Labute approximate surface area is 76.2 Å². The van der Waals surface area contributed by atoms with Gasteiger partial charge in [-0.05, 0) is 25.7 Å². The average molecular weight is 181 g/mol. The van der Waals surface area contributed by atoms with Gasteiger partial charge < -0.3 is 9.90 Å². The van der Waals surface area contributed by atoms with Crippen LogP contribution in [0, 0.1) is 22.7 Å². The number of aldehydes is 1. The van der Waals surface area contributed by atoms with E-state index in [-0.39, 0.29) is 5.92 Å². The number of hydrogen-bond acceptors (Lipinski definition) is 3. The van der Waals surface area contributed by atoms with Gasteiger partial charge in [-0.2, -0.15) is 5.26 Å². The minimum Gasteiger partial charge on any atom is -0.481 e. The molecule has 0 bridgehead atoms. The van der Waals surface area contributed by atoms with Crippen molar-refractivity contribution in [2.24, 2.45) is 11.3 Å². The van der Waals surface area contributed by atoms with Crippen LogP contribution < -0.4 is 0 Å². The molecule has 1 aliphatic carbocycles. The number of carbonyl (C=O) groups is 2. The quantitative estimate of drug-likeness (QED) is 0.508. The lowest BCUT2D eigenvalue weighted by Crippen LogP contribution is -2.36. The molecule has 1 fully saturated rings. The van der Waals surface area contributed by atoms with Gasteiger partial charge in [-0.3, -0.25) is 4.79 Å². The molecule has 0 aromatic carbocycles. The van der Waals surface area contributed by atoms with Gasteiger partial charge in [-0.25, -0.2) is 0 Å². The second-order valence-corrected chi connectivity index (χ2v) is 3.48. The summed E-state index contributed by atoms with van der Waals surface area (Å²) in [6.07, 6.45) is 2.14. The van der Waals surface area contributed by atoms with Crippen LogP contribution in [0.2, 0.25) is 0 Å². The molecule has 4 heteroatoms. The molecule has 1 saturated carbocycles. The maximum atomic E-state index is 10.8. The minimum atomic E-state index is -1.21. The zero-order valence-corrected chi connectivity index (χ0v) is 7.19. The highest BCUT2D eigenvalue weighted by molar-refractivity contribution is 5.91. The third-order valence-corrected chi connectivity index (χ3v) is 2.71. The van der Waals surface area contributed by atoms with Crippen LogP contribution in [0.1, 0.15) is 25.7 Å². The lowest BCUT2D eigenvalue weighted by molar-refractivity contribution is -0.153. The average Bonchev–Trinajstić information content (AvgIpc) is 2.17. The molecule has 0 unspecified atom stereocenters. The number of carboxylic acids is 1. The maximum absolute atomic E-state index is 10.8. The van der Waals surface area contributed by atoms with Crippen molar-refractivity contribution in [3.8, 4) is 6.07 Å². The molecule has 0 heterocycles. The first kappa shape index (κ1) is 9.72. The van der Waals surface area contributed by atoms with Gasteiger partial charge in [0.05, 0.1) is 6.07 Å². The monoisotopic (exact) mass is 181 g/mol. The number of rotatable bonds is 2. The van der Waals surface area contributed by atoms with Crippen LogP contribution >= 0.6 is 0 Å². The number of hydrogen-bond donors (Lipinski definition) is 1. The van der Waals surface area contributed by atoms with Crippen LogP contribution in [-0.2, 0) is 9.59 Å². The molecule has 1 rings (SSSR count). The summed E-state index contributed by atoms with van der Waals surface area (Å²) in [7, 11) is 0. The van der Waals surface area contributed by atoms with Gasteiger partial charge in [0.25, 0.3) is 0 Å². The third-order valence-electron chi connectivity index (χ3n) is 2.71. The summed E-state index contributed by atoms with van der Waals surface area (Å²) >= 11 is 0. The van der Waals surface area contributed by atoms with Crippen LogP contribution in [0.4, 0.5) is 0 Å². The maximum Gasteiger partial charge on any atom is 0.316 e. The molecule has 0 amide bonds. The molecule has 0 aromatic heterocycles. The minimum absolute atomic E-state index is 0.0765. The molecule has 4 nitrogen and oxygen atoms in total. The topological polar surface area (TPSA) is 78.2 Å². The van der Waals surface area contributed by atoms with E-state index in [1.165, 1.54) is 0 Å². The van der Waals surface area contributed by atoms with Crippen LogP contribution in [0.15, 0.2) is 0 Å². The van der Waals surface area contributed by atoms with Gasteiger partial charge in [0.1, 0.15) is 11.7 Å². The summed E-state index contributed by atoms with van der Waals surface area (Å²) in [5, 5.41) is 17.4. The van der Waals surface area contributed by atoms with Gasteiger partial charge in [0.15, 0.2) is 0 Å². The number of carboxylic acid groups (broad SMARTS) is 1. The first-order valence-electron chi connectivity index (χ1n) is 4.24.